The van der Waals surface area contributed by atoms with Gasteiger partial charge in [0.2, 0.25) is 0 Å². The number of carbonyl (C=O) groups is 1. The Balaban J connectivity index is 2.61. The lowest BCUT2D eigenvalue weighted by molar-refractivity contribution is -0.132. The van der Waals surface area contributed by atoms with E-state index >= 15 is 0 Å². The summed E-state index contributed by atoms with van der Waals surface area (Å²) < 4.78 is 10.3. The second-order valence-corrected chi connectivity index (χ2v) is 4.97. The van der Waals surface area contributed by atoms with Gasteiger partial charge in [0, 0.05) is 5.57 Å². The van der Waals surface area contributed by atoms with Crippen molar-refractivity contribution in [2.24, 2.45) is 0 Å². The molecule has 0 aliphatic heterocycles. The molecule has 120 valence electrons. The summed E-state index contributed by atoms with van der Waals surface area (Å²) in [6.07, 6.45) is 0.433. The molecule has 2 rings (SSSR count). The molecule has 0 spiro atoms. The van der Waals surface area contributed by atoms with Crippen molar-refractivity contribution < 1.29 is 19.4 Å². The number of ether oxygens (including phenoxy) is 2. The van der Waals surface area contributed by atoms with Gasteiger partial charge in [0.25, 0.3) is 0 Å². The highest BCUT2D eigenvalue weighted by molar-refractivity contribution is 6.00. The maximum Gasteiger partial charge on any atom is 0.332 e. The molecule has 0 amide bonds. The monoisotopic (exact) mass is 312 g/mol. The van der Waals surface area contributed by atoms with E-state index in [0.29, 0.717) is 17.6 Å². The molecule has 1 N–H and O–H groups in total. The van der Waals surface area contributed by atoms with Gasteiger partial charge < -0.3 is 14.6 Å². The van der Waals surface area contributed by atoms with Crippen molar-refractivity contribution in [2.45, 2.75) is 13.3 Å². The quantitative estimate of drug-likeness (QED) is 0.819. The van der Waals surface area contributed by atoms with E-state index in [4.69, 9.17) is 9.47 Å². The van der Waals surface area contributed by atoms with Gasteiger partial charge in [-0.25, -0.2) is 4.79 Å². The fraction of sp³-hybridized carbons (Fsp3) is 0.211. The first-order valence-corrected chi connectivity index (χ1v) is 7.36. The highest BCUT2D eigenvalue weighted by Gasteiger charge is 2.16. The van der Waals surface area contributed by atoms with Gasteiger partial charge in [0.05, 0.1) is 14.2 Å². The molecule has 0 aliphatic carbocycles. The number of methoxy groups -OCH3 is 2. The highest BCUT2D eigenvalue weighted by Crippen LogP contribution is 2.31. The Morgan fingerprint density at radius 3 is 1.52 bits per heavy atom. The van der Waals surface area contributed by atoms with E-state index in [9.17, 15) is 9.90 Å². The molecule has 2 aromatic carbocycles. The molecule has 0 aromatic heterocycles. The topological polar surface area (TPSA) is 55.8 Å². The van der Waals surface area contributed by atoms with Crippen LogP contribution >= 0.6 is 0 Å². The molecule has 0 fully saturated rings. The highest BCUT2D eigenvalue weighted by atomic mass is 16.5. The molecule has 0 bridgehead atoms. The minimum atomic E-state index is -0.908. The summed E-state index contributed by atoms with van der Waals surface area (Å²) >= 11 is 0. The fourth-order valence-corrected chi connectivity index (χ4v) is 2.47. The second kappa shape index (κ2) is 7.49. The van der Waals surface area contributed by atoms with E-state index in [1.165, 1.54) is 0 Å². The smallest absolute Gasteiger partial charge is 0.332 e. The first kappa shape index (κ1) is 16.6. The lowest BCUT2D eigenvalue weighted by atomic mass is 9.91. The SMILES string of the molecule is CCC(C(=O)O)=C(c1ccc(OC)cc1)c1ccc(OC)cc1. The van der Waals surface area contributed by atoms with Crippen LogP contribution in [0.5, 0.6) is 11.5 Å². The number of carboxylic acid groups (broad SMARTS) is 1. The summed E-state index contributed by atoms with van der Waals surface area (Å²) in [5.41, 5.74) is 2.77. The van der Waals surface area contributed by atoms with Crippen molar-refractivity contribution in [3.8, 4) is 11.5 Å². The van der Waals surface area contributed by atoms with Crippen LogP contribution in [0.4, 0.5) is 0 Å². The second-order valence-electron chi connectivity index (χ2n) is 4.97. The van der Waals surface area contributed by atoms with E-state index in [-0.39, 0.29) is 0 Å². The Morgan fingerprint density at radius 2 is 1.26 bits per heavy atom. The Labute approximate surface area is 136 Å². The average Bonchev–Trinajstić information content (AvgIpc) is 2.59. The van der Waals surface area contributed by atoms with Crippen molar-refractivity contribution in [1.29, 1.82) is 0 Å². The molecule has 0 heterocycles. The summed E-state index contributed by atoms with van der Waals surface area (Å²) in [6, 6.07) is 14.8. The Hall–Kier alpha value is -2.75. The Morgan fingerprint density at radius 1 is 0.870 bits per heavy atom. The van der Waals surface area contributed by atoms with Crippen molar-refractivity contribution in [2.75, 3.05) is 14.2 Å². The molecule has 4 nitrogen and oxygen atoms in total. The number of rotatable bonds is 6. The van der Waals surface area contributed by atoms with Crippen LogP contribution in [-0.2, 0) is 4.79 Å². The molecule has 0 unspecified atom stereocenters. The fourth-order valence-electron chi connectivity index (χ4n) is 2.47. The maximum absolute atomic E-state index is 11.7. The number of hydrogen-bond acceptors (Lipinski definition) is 3. The molecule has 0 saturated carbocycles. The molecule has 0 aliphatic rings. The summed E-state index contributed by atoms with van der Waals surface area (Å²) in [7, 11) is 3.20. The standard InChI is InChI=1S/C19H20O4/c1-4-17(19(20)21)18(13-5-9-15(22-2)10-6-13)14-7-11-16(23-3)12-8-14/h5-12H,4H2,1-3H3,(H,20,21). The van der Waals surface area contributed by atoms with Gasteiger partial charge >= 0.3 is 5.97 Å². The lowest BCUT2D eigenvalue weighted by Gasteiger charge is -2.14. The molecule has 0 saturated heterocycles. The molecule has 0 atom stereocenters. The van der Waals surface area contributed by atoms with Gasteiger partial charge in [0.15, 0.2) is 0 Å². The third kappa shape index (κ3) is 3.72. The maximum atomic E-state index is 11.7. The minimum Gasteiger partial charge on any atom is -0.497 e. The predicted octanol–water partition coefficient (Wildman–Crippen LogP) is 4.00. The number of aliphatic carboxylic acids is 1. The summed E-state index contributed by atoms with van der Waals surface area (Å²) in [5.74, 6) is 0.557. The number of hydrogen-bond donors (Lipinski definition) is 1. The van der Waals surface area contributed by atoms with Gasteiger partial charge in [-0.15, -0.1) is 0 Å². The number of benzene rings is 2. The van der Waals surface area contributed by atoms with Crippen LogP contribution < -0.4 is 9.47 Å². The van der Waals surface area contributed by atoms with E-state index in [0.717, 1.165) is 22.6 Å². The van der Waals surface area contributed by atoms with E-state index in [1.807, 2.05) is 55.5 Å². The van der Waals surface area contributed by atoms with Gasteiger partial charge in [-0.1, -0.05) is 31.2 Å². The van der Waals surface area contributed by atoms with Gasteiger partial charge in [-0.2, -0.15) is 0 Å². The molecule has 4 heteroatoms. The van der Waals surface area contributed by atoms with Crippen molar-refractivity contribution >= 4 is 11.5 Å². The van der Waals surface area contributed by atoms with Gasteiger partial charge in [-0.05, 0) is 47.4 Å². The van der Waals surface area contributed by atoms with Crippen LogP contribution in [0, 0.1) is 0 Å². The van der Waals surface area contributed by atoms with E-state index < -0.39 is 5.97 Å². The molecule has 23 heavy (non-hydrogen) atoms. The normalized spacial score (nSPS) is 10.0. The van der Waals surface area contributed by atoms with Crippen LogP contribution in [-0.4, -0.2) is 25.3 Å². The third-order valence-corrected chi connectivity index (χ3v) is 3.67. The summed E-state index contributed by atoms with van der Waals surface area (Å²) in [6.45, 7) is 1.84. The predicted molar refractivity (Wildman–Crippen MR) is 89.9 cm³/mol. The first-order valence-electron chi connectivity index (χ1n) is 7.36. The zero-order valence-electron chi connectivity index (χ0n) is 13.5. The van der Waals surface area contributed by atoms with Crippen LogP contribution in [0.15, 0.2) is 54.1 Å². The number of carboxylic acids is 1. The molecule has 0 radical (unpaired) electrons. The molecule has 2 aromatic rings. The zero-order valence-corrected chi connectivity index (χ0v) is 13.5. The Bertz CT molecular complexity index is 648. The average molecular weight is 312 g/mol. The first-order chi connectivity index (χ1) is 11.1. The van der Waals surface area contributed by atoms with Crippen molar-refractivity contribution in [3.05, 3.63) is 65.2 Å². The van der Waals surface area contributed by atoms with Crippen LogP contribution in [0.25, 0.3) is 5.57 Å². The third-order valence-electron chi connectivity index (χ3n) is 3.67. The molecular weight excluding hydrogens is 292 g/mol. The van der Waals surface area contributed by atoms with E-state index in [1.54, 1.807) is 14.2 Å². The van der Waals surface area contributed by atoms with E-state index in [2.05, 4.69) is 0 Å². The van der Waals surface area contributed by atoms with Crippen LogP contribution in [0.1, 0.15) is 24.5 Å². The van der Waals surface area contributed by atoms with Crippen LogP contribution in [0.3, 0.4) is 0 Å². The minimum absolute atomic E-state index is 0.375. The lowest BCUT2D eigenvalue weighted by Crippen LogP contribution is -2.05. The molecular formula is C19H20O4. The largest absolute Gasteiger partial charge is 0.497 e. The Kier molecular flexibility index (Phi) is 5.41. The summed E-state index contributed by atoms with van der Waals surface area (Å²) in [4.78, 5) is 11.7. The van der Waals surface area contributed by atoms with Gasteiger partial charge in [-0.3, -0.25) is 0 Å². The van der Waals surface area contributed by atoms with Crippen LogP contribution in [0.2, 0.25) is 0 Å². The zero-order chi connectivity index (χ0) is 16.8. The van der Waals surface area contributed by atoms with Crippen molar-refractivity contribution in [1.82, 2.24) is 0 Å². The van der Waals surface area contributed by atoms with Crippen molar-refractivity contribution in [3.63, 3.8) is 0 Å². The summed E-state index contributed by atoms with van der Waals surface area (Å²) in [5, 5.41) is 9.56. The van der Waals surface area contributed by atoms with Gasteiger partial charge in [0.1, 0.15) is 11.5 Å².